The molecule has 1 saturated heterocycles. The van der Waals surface area contributed by atoms with E-state index in [4.69, 9.17) is 0 Å². The summed E-state index contributed by atoms with van der Waals surface area (Å²) >= 11 is 0. The normalized spacial score (nSPS) is 31.0. The lowest BCUT2D eigenvalue weighted by atomic mass is 9.79. The second-order valence-corrected chi connectivity index (χ2v) is 15.7. The first kappa shape index (κ1) is 19.6. The summed E-state index contributed by atoms with van der Waals surface area (Å²) in [5.41, 5.74) is 5.58. The lowest BCUT2D eigenvalue weighted by Gasteiger charge is -2.42. The van der Waals surface area contributed by atoms with Crippen molar-refractivity contribution in [3.05, 3.63) is 53.1 Å². The minimum absolute atomic E-state index is 0.753. The van der Waals surface area contributed by atoms with Crippen LogP contribution in [0.15, 0.2) is 36.4 Å². The third kappa shape index (κ3) is 3.16. The molecule has 154 valence electrons. The van der Waals surface area contributed by atoms with E-state index in [0.29, 0.717) is 0 Å². The van der Waals surface area contributed by atoms with Gasteiger partial charge < -0.3 is 0 Å². The van der Waals surface area contributed by atoms with E-state index in [2.05, 4.69) is 70.2 Å². The van der Waals surface area contributed by atoms with E-state index < -0.39 is 8.07 Å². The van der Waals surface area contributed by atoms with E-state index in [-0.39, 0.29) is 0 Å². The highest BCUT2D eigenvalue weighted by Gasteiger charge is 2.54. The Morgan fingerprint density at radius 1 is 1.10 bits per heavy atom. The molecule has 0 spiro atoms. The molecule has 1 saturated carbocycles. The van der Waals surface area contributed by atoms with Gasteiger partial charge in [0.2, 0.25) is 0 Å². The van der Waals surface area contributed by atoms with E-state index in [1.165, 1.54) is 47.6 Å². The zero-order chi connectivity index (χ0) is 20.2. The first-order valence-electron chi connectivity index (χ1n) is 12.2. The van der Waals surface area contributed by atoms with Crippen LogP contribution in [0.2, 0.25) is 23.7 Å². The van der Waals surface area contributed by atoms with Crippen molar-refractivity contribution < 1.29 is 0 Å². The highest BCUT2D eigenvalue weighted by molar-refractivity contribution is 6.82. The van der Waals surface area contributed by atoms with Crippen LogP contribution in [0.4, 0.5) is 0 Å². The Labute approximate surface area is 178 Å². The largest absolute Gasteiger partial charge is 0.0802 e. The molecular formula is C28H38Si. The number of aryl methyl sites for hydroxylation is 1. The number of hydrogen-bond acceptors (Lipinski definition) is 0. The Kier molecular flexibility index (Phi) is 5.01. The van der Waals surface area contributed by atoms with Crippen LogP contribution in [0.1, 0.15) is 69.1 Å². The summed E-state index contributed by atoms with van der Waals surface area (Å²) < 4.78 is 0. The molecule has 0 N–H and O–H groups in total. The molecule has 5 unspecified atom stereocenters. The van der Waals surface area contributed by atoms with Gasteiger partial charge in [-0.3, -0.25) is 0 Å². The predicted molar refractivity (Wildman–Crippen MR) is 130 cm³/mol. The SMILES string of the molecule is CCC(C)C[Si]1(C2C(C)CC3c4c(ccc5cc(C)ccc45)C=CC32)CCCC1. The van der Waals surface area contributed by atoms with Crippen molar-refractivity contribution in [1.29, 1.82) is 0 Å². The second kappa shape index (κ2) is 7.41. The van der Waals surface area contributed by atoms with Gasteiger partial charge in [0.25, 0.3) is 0 Å². The smallest absolute Gasteiger partial charge is 0.0578 e. The third-order valence-electron chi connectivity index (χ3n) is 9.00. The molecule has 3 aliphatic rings. The third-order valence-corrected chi connectivity index (χ3v) is 15.6. The molecule has 5 rings (SSSR count). The number of allylic oxidation sites excluding steroid dienone is 1. The highest BCUT2D eigenvalue weighted by atomic mass is 28.3. The van der Waals surface area contributed by atoms with Crippen LogP contribution < -0.4 is 0 Å². The average molecular weight is 403 g/mol. The minimum Gasteiger partial charge on any atom is -0.0802 e. The van der Waals surface area contributed by atoms with E-state index in [0.717, 1.165) is 29.2 Å². The predicted octanol–water partition coefficient (Wildman–Crippen LogP) is 8.57. The van der Waals surface area contributed by atoms with Gasteiger partial charge in [0, 0.05) is 0 Å². The molecule has 2 aliphatic carbocycles. The molecule has 2 aromatic carbocycles. The van der Waals surface area contributed by atoms with E-state index >= 15 is 0 Å². The van der Waals surface area contributed by atoms with E-state index in [9.17, 15) is 0 Å². The fourth-order valence-corrected chi connectivity index (χ4v) is 15.5. The zero-order valence-electron chi connectivity index (χ0n) is 18.9. The molecule has 0 radical (unpaired) electrons. The highest BCUT2D eigenvalue weighted by Crippen LogP contribution is 2.62. The van der Waals surface area contributed by atoms with Gasteiger partial charge in [0.15, 0.2) is 0 Å². The molecule has 1 heteroatoms. The van der Waals surface area contributed by atoms with Crippen LogP contribution in [-0.4, -0.2) is 8.07 Å². The lowest BCUT2D eigenvalue weighted by molar-refractivity contribution is 0.533. The van der Waals surface area contributed by atoms with Crippen molar-refractivity contribution in [3.63, 3.8) is 0 Å². The van der Waals surface area contributed by atoms with Gasteiger partial charge in [0.1, 0.15) is 0 Å². The molecular weight excluding hydrogens is 364 g/mol. The van der Waals surface area contributed by atoms with Crippen molar-refractivity contribution in [3.8, 4) is 0 Å². The number of rotatable bonds is 4. The quantitative estimate of drug-likeness (QED) is 0.449. The maximum Gasteiger partial charge on any atom is 0.0578 e. The van der Waals surface area contributed by atoms with Crippen molar-refractivity contribution >= 4 is 24.9 Å². The van der Waals surface area contributed by atoms with Gasteiger partial charge in [-0.15, -0.1) is 0 Å². The molecule has 0 aromatic heterocycles. The number of benzene rings is 2. The molecule has 1 heterocycles. The van der Waals surface area contributed by atoms with Crippen LogP contribution in [0, 0.1) is 24.7 Å². The second-order valence-electron chi connectivity index (χ2n) is 10.9. The summed E-state index contributed by atoms with van der Waals surface area (Å²) in [7, 11) is -1.20. The van der Waals surface area contributed by atoms with Crippen LogP contribution in [0.3, 0.4) is 0 Å². The summed E-state index contributed by atoms with van der Waals surface area (Å²) in [5, 5.41) is 2.98. The Bertz CT molecular complexity index is 933. The molecule has 2 aromatic rings. The molecule has 29 heavy (non-hydrogen) atoms. The van der Waals surface area contributed by atoms with Crippen molar-refractivity contribution in [1.82, 2.24) is 0 Å². The summed E-state index contributed by atoms with van der Waals surface area (Å²) in [4.78, 5) is 0. The Balaban J connectivity index is 1.58. The summed E-state index contributed by atoms with van der Waals surface area (Å²) in [6, 6.07) is 16.7. The minimum atomic E-state index is -1.20. The molecule has 1 aliphatic heterocycles. The zero-order valence-corrected chi connectivity index (χ0v) is 19.9. The molecule has 5 atom stereocenters. The first-order valence-corrected chi connectivity index (χ1v) is 14.9. The maximum absolute atomic E-state index is 2.67. The van der Waals surface area contributed by atoms with Crippen LogP contribution in [0.5, 0.6) is 0 Å². The fourth-order valence-electron chi connectivity index (χ4n) is 7.76. The molecule has 0 nitrogen and oxygen atoms in total. The Morgan fingerprint density at radius 2 is 1.90 bits per heavy atom. The van der Waals surface area contributed by atoms with Gasteiger partial charge in [-0.05, 0) is 64.5 Å². The van der Waals surface area contributed by atoms with E-state index in [1.807, 2.05) is 0 Å². The molecule has 2 fully saturated rings. The summed E-state index contributed by atoms with van der Waals surface area (Å²) in [6.45, 7) is 9.79. The maximum atomic E-state index is 2.67. The van der Waals surface area contributed by atoms with Gasteiger partial charge in [0.05, 0.1) is 8.07 Å². The first-order chi connectivity index (χ1) is 14.0. The molecule has 0 amide bonds. The summed E-state index contributed by atoms with van der Waals surface area (Å²) in [6.07, 6.45) is 11.0. The van der Waals surface area contributed by atoms with E-state index in [1.54, 1.807) is 23.7 Å². The topological polar surface area (TPSA) is 0 Å². The van der Waals surface area contributed by atoms with Crippen molar-refractivity contribution in [2.45, 2.75) is 83.0 Å². The standard InChI is InChI=1S/C28H38Si/c1-5-19(2)18-29(14-6-7-15-29)28-21(4)17-26-25(28)13-11-22-9-10-23-16-20(3)8-12-24(23)27(22)26/h8-13,16,19,21,25-26,28H,5-7,14-15,17-18H2,1-4H3. The van der Waals surface area contributed by atoms with Crippen molar-refractivity contribution in [2.75, 3.05) is 0 Å². The lowest BCUT2D eigenvalue weighted by Crippen LogP contribution is -2.42. The van der Waals surface area contributed by atoms with Gasteiger partial charge >= 0.3 is 0 Å². The van der Waals surface area contributed by atoms with Crippen LogP contribution in [0.25, 0.3) is 16.8 Å². The van der Waals surface area contributed by atoms with Crippen molar-refractivity contribution in [2.24, 2.45) is 17.8 Å². The fraction of sp³-hybridized carbons (Fsp3) is 0.571. The van der Waals surface area contributed by atoms with Gasteiger partial charge in [-0.1, -0.05) is 106 Å². The monoisotopic (exact) mass is 402 g/mol. The molecule has 0 bridgehead atoms. The van der Waals surface area contributed by atoms with Gasteiger partial charge in [-0.25, -0.2) is 0 Å². The summed E-state index contributed by atoms with van der Waals surface area (Å²) in [5.74, 6) is 3.38. The number of fused-ring (bicyclic) bond motifs is 5. The van der Waals surface area contributed by atoms with Gasteiger partial charge in [-0.2, -0.15) is 0 Å². The van der Waals surface area contributed by atoms with Crippen LogP contribution in [-0.2, 0) is 0 Å². The Morgan fingerprint density at radius 3 is 2.66 bits per heavy atom. The number of hydrogen-bond donors (Lipinski definition) is 0. The Hall–Kier alpha value is -1.34. The van der Waals surface area contributed by atoms with Crippen LogP contribution >= 0.6 is 0 Å². The average Bonchev–Trinajstić information content (AvgIpc) is 3.31.